The molecule has 1 unspecified atom stereocenters. The molecule has 3 nitrogen and oxygen atoms in total. The van der Waals surface area contributed by atoms with Crippen molar-refractivity contribution in [3.63, 3.8) is 0 Å². The van der Waals surface area contributed by atoms with Crippen LogP contribution < -0.4 is 10.6 Å². The summed E-state index contributed by atoms with van der Waals surface area (Å²) in [4.78, 5) is 0. The third-order valence-corrected chi connectivity index (χ3v) is 1.45. The zero-order valence-corrected chi connectivity index (χ0v) is 5.76. The number of ether oxygens (including phenoxy) is 1. The first-order valence-electron chi connectivity index (χ1n) is 3.33. The van der Waals surface area contributed by atoms with Crippen LogP contribution in [0.2, 0.25) is 0 Å². The van der Waals surface area contributed by atoms with Gasteiger partial charge in [-0.25, -0.2) is 5.32 Å². The fraction of sp³-hybridized carbons (Fsp3) is 1.00. The Hall–Kier alpha value is -0.120. The summed E-state index contributed by atoms with van der Waals surface area (Å²) in [6.45, 7) is 2.52. The van der Waals surface area contributed by atoms with Crippen molar-refractivity contribution in [2.24, 2.45) is 0 Å². The maximum absolute atomic E-state index is 5.25. The van der Waals surface area contributed by atoms with Gasteiger partial charge >= 0.3 is 0 Å². The molecular weight excluding hydrogens is 116 g/mol. The lowest BCUT2D eigenvalue weighted by atomic mass is 10.2. The van der Waals surface area contributed by atoms with E-state index < -0.39 is 0 Å². The lowest BCUT2D eigenvalue weighted by Gasteiger charge is -2.05. The van der Waals surface area contributed by atoms with Crippen molar-refractivity contribution in [1.82, 2.24) is 10.6 Å². The Morgan fingerprint density at radius 2 is 2.67 bits per heavy atom. The van der Waals surface area contributed by atoms with Gasteiger partial charge in [0.1, 0.15) is 6.73 Å². The molecular formula is C6H13N2O. The molecule has 1 atom stereocenters. The van der Waals surface area contributed by atoms with E-state index in [1.165, 1.54) is 0 Å². The van der Waals surface area contributed by atoms with Crippen LogP contribution in [0.15, 0.2) is 0 Å². The topological polar surface area (TPSA) is 35.4 Å². The van der Waals surface area contributed by atoms with Crippen LogP contribution in [0.4, 0.5) is 0 Å². The molecule has 0 amide bonds. The van der Waals surface area contributed by atoms with Crippen LogP contribution in [0, 0.1) is 0 Å². The van der Waals surface area contributed by atoms with Crippen molar-refractivity contribution >= 4 is 0 Å². The summed E-state index contributed by atoms with van der Waals surface area (Å²) in [6.07, 6.45) is 1.47. The summed E-state index contributed by atoms with van der Waals surface area (Å²) < 4.78 is 5.25. The minimum atomic E-state index is 0.387. The minimum absolute atomic E-state index is 0.387. The van der Waals surface area contributed by atoms with Crippen LogP contribution in [0.25, 0.3) is 0 Å². The van der Waals surface area contributed by atoms with Crippen LogP contribution in [0.3, 0.4) is 0 Å². The van der Waals surface area contributed by atoms with Gasteiger partial charge in [-0.05, 0) is 20.0 Å². The predicted molar refractivity (Wildman–Crippen MR) is 35.3 cm³/mol. The average molecular weight is 129 g/mol. The summed E-state index contributed by atoms with van der Waals surface area (Å²) in [7, 11) is 1.95. The van der Waals surface area contributed by atoms with E-state index in [9.17, 15) is 0 Å². The second kappa shape index (κ2) is 3.82. The van der Waals surface area contributed by atoms with Crippen LogP contribution in [-0.4, -0.2) is 33.0 Å². The van der Waals surface area contributed by atoms with Crippen molar-refractivity contribution in [2.75, 3.05) is 26.9 Å². The molecule has 1 fully saturated rings. The van der Waals surface area contributed by atoms with E-state index in [4.69, 9.17) is 4.74 Å². The third-order valence-electron chi connectivity index (χ3n) is 1.45. The molecule has 1 rings (SSSR count). The normalized spacial score (nSPS) is 27.0. The number of hydrogen-bond donors (Lipinski definition) is 1. The maximum atomic E-state index is 5.25. The Kier molecular flexibility index (Phi) is 2.97. The highest BCUT2D eigenvalue weighted by atomic mass is 16.5. The molecule has 0 saturated carbocycles. The molecule has 1 aliphatic rings. The van der Waals surface area contributed by atoms with Gasteiger partial charge in [-0.2, -0.15) is 0 Å². The molecule has 1 saturated heterocycles. The molecule has 0 aromatic rings. The minimum Gasteiger partial charge on any atom is -0.360 e. The fourth-order valence-electron chi connectivity index (χ4n) is 0.887. The van der Waals surface area contributed by atoms with E-state index in [0.29, 0.717) is 12.8 Å². The van der Waals surface area contributed by atoms with E-state index in [-0.39, 0.29) is 0 Å². The summed E-state index contributed by atoms with van der Waals surface area (Å²) >= 11 is 0. The zero-order chi connectivity index (χ0) is 6.53. The summed E-state index contributed by atoms with van der Waals surface area (Å²) in [6, 6.07) is 0. The van der Waals surface area contributed by atoms with Gasteiger partial charge in [-0.3, -0.25) is 0 Å². The second-order valence-electron chi connectivity index (χ2n) is 2.22. The highest BCUT2D eigenvalue weighted by molar-refractivity contribution is 4.65. The lowest BCUT2D eigenvalue weighted by Crippen LogP contribution is -2.18. The Labute approximate surface area is 55.8 Å². The molecule has 0 aliphatic carbocycles. The molecule has 53 valence electrons. The molecule has 1 aliphatic heterocycles. The van der Waals surface area contributed by atoms with E-state index >= 15 is 0 Å². The third kappa shape index (κ3) is 2.30. The van der Waals surface area contributed by atoms with Gasteiger partial charge in [-0.1, -0.05) is 0 Å². The lowest BCUT2D eigenvalue weighted by molar-refractivity contribution is 0.107. The SMILES string of the molecule is CNCCC1C[N]CO1. The predicted octanol–water partition coefficient (Wildman–Crippen LogP) is -0.443. The highest BCUT2D eigenvalue weighted by Gasteiger charge is 2.14. The Morgan fingerprint density at radius 1 is 1.78 bits per heavy atom. The van der Waals surface area contributed by atoms with Gasteiger partial charge in [0.05, 0.1) is 6.10 Å². The van der Waals surface area contributed by atoms with Gasteiger partial charge in [0, 0.05) is 6.54 Å². The quantitative estimate of drug-likeness (QED) is 0.560. The first-order valence-corrected chi connectivity index (χ1v) is 3.33. The summed E-state index contributed by atoms with van der Waals surface area (Å²) in [5.41, 5.74) is 0. The highest BCUT2D eigenvalue weighted by Crippen LogP contribution is 2.01. The van der Waals surface area contributed by atoms with Crippen LogP contribution in [0.1, 0.15) is 6.42 Å². The zero-order valence-electron chi connectivity index (χ0n) is 5.76. The molecule has 3 heteroatoms. The van der Waals surface area contributed by atoms with Gasteiger partial charge < -0.3 is 10.1 Å². The van der Waals surface area contributed by atoms with E-state index in [0.717, 1.165) is 19.5 Å². The molecule has 1 N–H and O–H groups in total. The van der Waals surface area contributed by atoms with Gasteiger partial charge in [0.2, 0.25) is 0 Å². The first kappa shape index (κ1) is 6.99. The van der Waals surface area contributed by atoms with Crippen molar-refractivity contribution in [2.45, 2.75) is 12.5 Å². The molecule has 0 aromatic heterocycles. The van der Waals surface area contributed by atoms with Crippen LogP contribution in [0.5, 0.6) is 0 Å². The Bertz CT molecular complexity index is 71.5. The average Bonchev–Trinajstić information content (AvgIpc) is 2.34. The Morgan fingerprint density at radius 3 is 3.22 bits per heavy atom. The van der Waals surface area contributed by atoms with Gasteiger partial charge in [0.15, 0.2) is 0 Å². The molecule has 1 heterocycles. The Balaban J connectivity index is 1.98. The molecule has 9 heavy (non-hydrogen) atoms. The molecule has 0 bridgehead atoms. The number of nitrogens with zero attached hydrogens (tertiary/aromatic N) is 1. The van der Waals surface area contributed by atoms with Crippen molar-refractivity contribution in [1.29, 1.82) is 0 Å². The number of nitrogens with one attached hydrogen (secondary N) is 1. The first-order chi connectivity index (χ1) is 4.43. The van der Waals surface area contributed by atoms with Crippen molar-refractivity contribution in [3.05, 3.63) is 0 Å². The van der Waals surface area contributed by atoms with Crippen molar-refractivity contribution < 1.29 is 4.74 Å². The number of rotatable bonds is 3. The van der Waals surface area contributed by atoms with Crippen LogP contribution >= 0.6 is 0 Å². The molecule has 1 radical (unpaired) electrons. The van der Waals surface area contributed by atoms with Crippen molar-refractivity contribution in [3.8, 4) is 0 Å². The fourth-order valence-corrected chi connectivity index (χ4v) is 0.887. The molecule has 0 aromatic carbocycles. The van der Waals surface area contributed by atoms with Gasteiger partial charge in [0.25, 0.3) is 0 Å². The van der Waals surface area contributed by atoms with Gasteiger partial charge in [-0.15, -0.1) is 0 Å². The maximum Gasteiger partial charge on any atom is 0.113 e. The largest absolute Gasteiger partial charge is 0.360 e. The van der Waals surface area contributed by atoms with E-state index in [1.807, 2.05) is 7.05 Å². The monoisotopic (exact) mass is 129 g/mol. The molecule has 0 spiro atoms. The summed E-state index contributed by atoms with van der Waals surface area (Å²) in [5, 5.41) is 7.14. The number of hydrogen-bond acceptors (Lipinski definition) is 2. The van der Waals surface area contributed by atoms with E-state index in [2.05, 4.69) is 10.6 Å². The second-order valence-corrected chi connectivity index (χ2v) is 2.22. The van der Waals surface area contributed by atoms with E-state index in [1.54, 1.807) is 0 Å². The summed E-state index contributed by atoms with van der Waals surface area (Å²) in [5.74, 6) is 0. The van der Waals surface area contributed by atoms with Crippen LogP contribution in [-0.2, 0) is 4.74 Å². The standard InChI is InChI=1S/C6H13N2O/c1-7-3-2-6-4-8-5-9-6/h6-7H,2-5H2,1H3. The smallest absolute Gasteiger partial charge is 0.113 e.